The first kappa shape index (κ1) is 17.1. The van der Waals surface area contributed by atoms with Gasteiger partial charge in [0.25, 0.3) is 11.8 Å². The third-order valence-corrected chi connectivity index (χ3v) is 3.45. The van der Waals surface area contributed by atoms with E-state index in [4.69, 9.17) is 10.5 Å². The fourth-order valence-corrected chi connectivity index (χ4v) is 2.27. The Morgan fingerprint density at radius 3 is 2.73 bits per heavy atom. The van der Waals surface area contributed by atoms with Gasteiger partial charge in [-0.1, -0.05) is 12.1 Å². The standard InChI is InChI=1S/C17H16N6O3/c1-11-20-21-22-23(11)14-6-3-5-13(9-14)19-17(25)12-4-2-7-15(8-12)26-10-16(18)24/h2-9H,10H2,1H3,(H2,18,24)(H,19,25). The van der Waals surface area contributed by atoms with Crippen molar-refractivity contribution in [2.24, 2.45) is 5.73 Å². The molecule has 26 heavy (non-hydrogen) atoms. The zero-order chi connectivity index (χ0) is 18.5. The first-order valence-corrected chi connectivity index (χ1v) is 7.71. The van der Waals surface area contributed by atoms with Crippen molar-refractivity contribution in [3.8, 4) is 11.4 Å². The summed E-state index contributed by atoms with van der Waals surface area (Å²) >= 11 is 0. The second-order valence-electron chi connectivity index (χ2n) is 5.43. The normalized spacial score (nSPS) is 10.3. The molecule has 0 saturated carbocycles. The van der Waals surface area contributed by atoms with Crippen molar-refractivity contribution < 1.29 is 14.3 Å². The molecule has 0 unspecified atom stereocenters. The quantitative estimate of drug-likeness (QED) is 0.684. The van der Waals surface area contributed by atoms with Gasteiger partial charge < -0.3 is 15.8 Å². The molecule has 0 aliphatic carbocycles. The molecule has 1 heterocycles. The highest BCUT2D eigenvalue weighted by atomic mass is 16.5. The van der Waals surface area contributed by atoms with E-state index in [1.54, 1.807) is 48.0 Å². The Labute approximate surface area is 148 Å². The van der Waals surface area contributed by atoms with E-state index in [2.05, 4.69) is 20.8 Å². The molecular formula is C17H16N6O3. The summed E-state index contributed by atoms with van der Waals surface area (Å²) in [6, 6.07) is 13.6. The fraction of sp³-hybridized carbons (Fsp3) is 0.118. The Morgan fingerprint density at radius 2 is 2.00 bits per heavy atom. The summed E-state index contributed by atoms with van der Waals surface area (Å²) in [4.78, 5) is 23.3. The van der Waals surface area contributed by atoms with Gasteiger partial charge in [0.1, 0.15) is 5.75 Å². The summed E-state index contributed by atoms with van der Waals surface area (Å²) in [5.74, 6) is 0.108. The van der Waals surface area contributed by atoms with E-state index in [9.17, 15) is 9.59 Å². The van der Waals surface area contributed by atoms with Crippen LogP contribution in [0.25, 0.3) is 5.69 Å². The highest BCUT2D eigenvalue weighted by Gasteiger charge is 2.10. The molecule has 3 rings (SSSR count). The van der Waals surface area contributed by atoms with Crippen LogP contribution in [0, 0.1) is 6.92 Å². The lowest BCUT2D eigenvalue weighted by molar-refractivity contribution is -0.119. The maximum absolute atomic E-state index is 12.5. The number of carbonyl (C=O) groups is 2. The molecule has 0 fully saturated rings. The molecule has 0 bridgehead atoms. The number of amides is 2. The van der Waals surface area contributed by atoms with Gasteiger partial charge in [-0.25, -0.2) is 0 Å². The predicted molar refractivity (Wildman–Crippen MR) is 93.0 cm³/mol. The molecular weight excluding hydrogens is 336 g/mol. The van der Waals surface area contributed by atoms with Crippen LogP contribution in [0.15, 0.2) is 48.5 Å². The molecule has 9 nitrogen and oxygen atoms in total. The van der Waals surface area contributed by atoms with Crippen LogP contribution < -0.4 is 15.8 Å². The number of nitrogens with zero attached hydrogens (tertiary/aromatic N) is 4. The first-order chi connectivity index (χ1) is 12.5. The van der Waals surface area contributed by atoms with Crippen LogP contribution in [0.2, 0.25) is 0 Å². The van der Waals surface area contributed by atoms with Gasteiger partial charge in [-0.15, -0.1) is 5.10 Å². The zero-order valence-electron chi connectivity index (χ0n) is 13.9. The van der Waals surface area contributed by atoms with E-state index in [1.807, 2.05) is 6.07 Å². The Hall–Kier alpha value is -3.75. The van der Waals surface area contributed by atoms with E-state index in [1.165, 1.54) is 6.07 Å². The number of anilines is 1. The summed E-state index contributed by atoms with van der Waals surface area (Å²) < 4.78 is 6.77. The predicted octanol–water partition coefficient (Wildman–Crippen LogP) is 1.09. The molecule has 3 N–H and O–H groups in total. The van der Waals surface area contributed by atoms with Gasteiger partial charge in [-0.05, 0) is 53.7 Å². The van der Waals surface area contributed by atoms with Crippen molar-refractivity contribution in [3.63, 3.8) is 0 Å². The molecule has 3 aromatic rings. The minimum Gasteiger partial charge on any atom is -0.484 e. The van der Waals surface area contributed by atoms with Gasteiger partial charge in [-0.2, -0.15) is 4.68 Å². The van der Waals surface area contributed by atoms with Crippen LogP contribution >= 0.6 is 0 Å². The maximum Gasteiger partial charge on any atom is 0.255 e. The number of hydrogen-bond acceptors (Lipinski definition) is 6. The Balaban J connectivity index is 1.75. The maximum atomic E-state index is 12.5. The first-order valence-electron chi connectivity index (χ1n) is 7.71. The number of tetrazole rings is 1. The molecule has 0 radical (unpaired) electrons. The number of hydrogen-bond donors (Lipinski definition) is 2. The van der Waals surface area contributed by atoms with E-state index in [0.29, 0.717) is 22.8 Å². The van der Waals surface area contributed by atoms with Crippen LogP contribution in [0.4, 0.5) is 5.69 Å². The van der Waals surface area contributed by atoms with Crippen LogP contribution in [0.1, 0.15) is 16.2 Å². The fourth-order valence-electron chi connectivity index (χ4n) is 2.27. The van der Waals surface area contributed by atoms with Crippen molar-refractivity contribution in [3.05, 3.63) is 59.9 Å². The average Bonchev–Trinajstić information content (AvgIpc) is 3.06. The SMILES string of the molecule is Cc1nnnn1-c1cccc(NC(=O)c2cccc(OCC(N)=O)c2)c1. The number of primary amides is 1. The summed E-state index contributed by atoms with van der Waals surface area (Å²) in [6.45, 7) is 1.53. The van der Waals surface area contributed by atoms with Crippen LogP contribution in [0.5, 0.6) is 5.75 Å². The third-order valence-electron chi connectivity index (χ3n) is 3.45. The molecule has 0 aliphatic rings. The minimum absolute atomic E-state index is 0.252. The van der Waals surface area contributed by atoms with Crippen molar-refractivity contribution in [1.29, 1.82) is 0 Å². The second-order valence-corrected chi connectivity index (χ2v) is 5.43. The number of aryl methyl sites for hydroxylation is 1. The monoisotopic (exact) mass is 352 g/mol. The number of nitrogens with one attached hydrogen (secondary N) is 1. The number of aromatic nitrogens is 4. The van der Waals surface area contributed by atoms with Gasteiger partial charge in [0, 0.05) is 11.3 Å². The van der Waals surface area contributed by atoms with E-state index < -0.39 is 5.91 Å². The number of nitrogens with two attached hydrogens (primary N) is 1. The van der Waals surface area contributed by atoms with Crippen molar-refractivity contribution in [2.75, 3.05) is 11.9 Å². The number of benzene rings is 2. The smallest absolute Gasteiger partial charge is 0.255 e. The molecule has 9 heteroatoms. The van der Waals surface area contributed by atoms with Gasteiger partial charge >= 0.3 is 0 Å². The highest BCUT2D eigenvalue weighted by molar-refractivity contribution is 6.04. The summed E-state index contributed by atoms with van der Waals surface area (Å²) in [7, 11) is 0. The third kappa shape index (κ3) is 4.01. The van der Waals surface area contributed by atoms with Crippen molar-refractivity contribution in [2.45, 2.75) is 6.92 Å². The second kappa shape index (κ2) is 7.43. The number of carbonyl (C=O) groups excluding carboxylic acids is 2. The average molecular weight is 352 g/mol. The lowest BCUT2D eigenvalue weighted by Gasteiger charge is -2.09. The molecule has 0 atom stereocenters. The molecule has 0 spiro atoms. The van der Waals surface area contributed by atoms with Crippen molar-refractivity contribution in [1.82, 2.24) is 20.2 Å². The molecule has 1 aromatic heterocycles. The topological polar surface area (TPSA) is 125 Å². The zero-order valence-corrected chi connectivity index (χ0v) is 13.9. The lowest BCUT2D eigenvalue weighted by atomic mass is 10.2. The molecule has 2 amide bonds. The Kier molecular flexibility index (Phi) is 4.88. The Bertz CT molecular complexity index is 953. The largest absolute Gasteiger partial charge is 0.484 e. The van der Waals surface area contributed by atoms with Crippen LogP contribution in [-0.2, 0) is 4.79 Å². The van der Waals surface area contributed by atoms with Gasteiger partial charge in [0.15, 0.2) is 12.4 Å². The number of ether oxygens (including phenoxy) is 1. The molecule has 0 aliphatic heterocycles. The van der Waals surface area contributed by atoms with Gasteiger partial charge in [0.05, 0.1) is 5.69 Å². The molecule has 2 aromatic carbocycles. The highest BCUT2D eigenvalue weighted by Crippen LogP contribution is 2.18. The van der Waals surface area contributed by atoms with E-state index >= 15 is 0 Å². The van der Waals surface area contributed by atoms with E-state index in [-0.39, 0.29) is 12.5 Å². The minimum atomic E-state index is -0.588. The molecule has 0 saturated heterocycles. The molecule has 132 valence electrons. The van der Waals surface area contributed by atoms with Crippen LogP contribution in [-0.4, -0.2) is 38.6 Å². The summed E-state index contributed by atoms with van der Waals surface area (Å²) in [6.07, 6.45) is 0. The number of rotatable bonds is 6. The Morgan fingerprint density at radius 1 is 1.19 bits per heavy atom. The van der Waals surface area contributed by atoms with Gasteiger partial charge in [0.2, 0.25) is 0 Å². The van der Waals surface area contributed by atoms with E-state index in [0.717, 1.165) is 5.69 Å². The lowest BCUT2D eigenvalue weighted by Crippen LogP contribution is -2.20. The van der Waals surface area contributed by atoms with Crippen LogP contribution in [0.3, 0.4) is 0 Å². The van der Waals surface area contributed by atoms with Crippen molar-refractivity contribution >= 4 is 17.5 Å². The summed E-state index contributed by atoms with van der Waals surface area (Å²) in [5, 5.41) is 14.1. The summed E-state index contributed by atoms with van der Waals surface area (Å²) in [5.41, 5.74) is 6.75. The van der Waals surface area contributed by atoms with Gasteiger partial charge in [-0.3, -0.25) is 9.59 Å².